The Hall–Kier alpha value is -0.130. The molecule has 0 amide bonds. The van der Waals surface area contributed by atoms with E-state index in [9.17, 15) is 5.11 Å². The molecule has 0 aliphatic rings. The average Bonchev–Trinajstić information content (AvgIpc) is 2.26. The molecule has 84 valence electrons. The molecule has 0 bridgehead atoms. The van der Waals surface area contributed by atoms with Gasteiger partial charge in [-0.2, -0.15) is 0 Å². The van der Waals surface area contributed by atoms with Gasteiger partial charge in [0.25, 0.3) is 0 Å². The van der Waals surface area contributed by atoms with E-state index < -0.39 is 6.10 Å². The second-order valence-corrected chi connectivity index (χ2v) is 5.20. The molecule has 2 nitrogen and oxygen atoms in total. The van der Waals surface area contributed by atoms with Crippen molar-refractivity contribution in [2.45, 2.75) is 32.4 Å². The van der Waals surface area contributed by atoms with E-state index in [-0.39, 0.29) is 12.0 Å². The van der Waals surface area contributed by atoms with Crippen molar-refractivity contribution in [2.75, 3.05) is 0 Å². The number of nitrogens with two attached hydrogens (primary N) is 1. The van der Waals surface area contributed by atoms with Gasteiger partial charge in [0, 0.05) is 3.57 Å². The van der Waals surface area contributed by atoms with Crippen LogP contribution in [0.25, 0.3) is 0 Å². The lowest BCUT2D eigenvalue weighted by atomic mass is 9.92. The molecule has 0 spiro atoms. The van der Waals surface area contributed by atoms with Gasteiger partial charge in [0.15, 0.2) is 0 Å². The molecule has 1 unspecified atom stereocenters. The molecule has 0 aliphatic carbocycles. The van der Waals surface area contributed by atoms with Crippen molar-refractivity contribution in [3.8, 4) is 0 Å². The number of benzene rings is 1. The maximum Gasteiger partial charge on any atom is 0.0758 e. The van der Waals surface area contributed by atoms with Crippen molar-refractivity contribution in [1.29, 1.82) is 0 Å². The maximum atomic E-state index is 10.0. The van der Waals surface area contributed by atoms with Crippen LogP contribution in [-0.2, 0) is 0 Å². The highest BCUT2D eigenvalue weighted by Gasteiger charge is 2.21. The first-order chi connectivity index (χ1) is 7.06. The van der Waals surface area contributed by atoms with Crippen LogP contribution in [0.4, 0.5) is 0 Å². The van der Waals surface area contributed by atoms with E-state index in [1.807, 2.05) is 31.2 Å². The van der Waals surface area contributed by atoms with E-state index in [1.165, 1.54) is 0 Å². The van der Waals surface area contributed by atoms with E-state index in [1.54, 1.807) is 0 Å². The Morgan fingerprint density at radius 2 is 2.13 bits per heavy atom. The van der Waals surface area contributed by atoms with Gasteiger partial charge in [-0.05, 0) is 46.2 Å². The van der Waals surface area contributed by atoms with Crippen LogP contribution in [-0.4, -0.2) is 11.2 Å². The molecule has 1 rings (SSSR count). The summed E-state index contributed by atoms with van der Waals surface area (Å²) in [4.78, 5) is 0. The molecule has 0 radical (unpaired) electrons. The largest absolute Gasteiger partial charge is 0.391 e. The number of halogens is 1. The summed E-state index contributed by atoms with van der Waals surface area (Å²) >= 11 is 2.25. The van der Waals surface area contributed by atoms with Crippen LogP contribution in [0.1, 0.15) is 31.9 Å². The van der Waals surface area contributed by atoms with Crippen LogP contribution in [0.5, 0.6) is 0 Å². The van der Waals surface area contributed by atoms with Gasteiger partial charge in [0.1, 0.15) is 0 Å². The van der Waals surface area contributed by atoms with Gasteiger partial charge >= 0.3 is 0 Å². The Morgan fingerprint density at radius 3 is 2.67 bits per heavy atom. The summed E-state index contributed by atoms with van der Waals surface area (Å²) in [5.41, 5.74) is 7.04. The summed E-state index contributed by atoms with van der Waals surface area (Å²) in [6, 6.07) is 7.71. The first kappa shape index (κ1) is 12.9. The molecule has 15 heavy (non-hydrogen) atoms. The van der Waals surface area contributed by atoms with Crippen LogP contribution in [0.2, 0.25) is 0 Å². The van der Waals surface area contributed by atoms with Crippen molar-refractivity contribution in [1.82, 2.24) is 0 Å². The molecule has 1 aromatic rings. The molecule has 3 N–H and O–H groups in total. The topological polar surface area (TPSA) is 46.2 Å². The molecule has 0 aliphatic heterocycles. The number of hydrogen-bond donors (Lipinski definition) is 2. The monoisotopic (exact) mass is 319 g/mol. The molecule has 0 fully saturated rings. The van der Waals surface area contributed by atoms with Gasteiger partial charge in [-0.3, -0.25) is 0 Å². The first-order valence-corrected chi connectivity index (χ1v) is 6.33. The van der Waals surface area contributed by atoms with E-state index in [2.05, 4.69) is 29.5 Å². The number of aliphatic hydroxyl groups excluding tert-OH is 1. The Kier molecular flexibility index (Phi) is 5.02. The van der Waals surface area contributed by atoms with E-state index in [0.717, 1.165) is 15.6 Å². The van der Waals surface area contributed by atoms with Gasteiger partial charge in [-0.15, -0.1) is 0 Å². The zero-order chi connectivity index (χ0) is 11.4. The minimum Gasteiger partial charge on any atom is -0.391 e. The van der Waals surface area contributed by atoms with Gasteiger partial charge in [-0.1, -0.05) is 32.4 Å². The van der Waals surface area contributed by atoms with Gasteiger partial charge in [0.2, 0.25) is 0 Å². The van der Waals surface area contributed by atoms with Crippen LogP contribution in [0.3, 0.4) is 0 Å². The third-order valence-corrected chi connectivity index (χ3v) is 3.50. The molecule has 0 saturated carbocycles. The lowest BCUT2D eigenvalue weighted by Crippen LogP contribution is -2.31. The quantitative estimate of drug-likeness (QED) is 0.838. The Labute approximate surface area is 105 Å². The van der Waals surface area contributed by atoms with Crippen molar-refractivity contribution in [3.63, 3.8) is 0 Å². The summed E-state index contributed by atoms with van der Waals surface area (Å²) in [7, 11) is 0. The smallest absolute Gasteiger partial charge is 0.0758 e. The van der Waals surface area contributed by atoms with Crippen LogP contribution < -0.4 is 5.73 Å². The maximum absolute atomic E-state index is 10.0. The van der Waals surface area contributed by atoms with Crippen LogP contribution in [0.15, 0.2) is 24.3 Å². The minimum absolute atomic E-state index is 0.234. The highest BCUT2D eigenvalue weighted by Crippen LogP contribution is 2.22. The standard InChI is InChI=1S/C12H18INO/c1-3-8(2)12(15)11(14)9-5-4-6-10(13)7-9/h4-8,11-12,15H,3,14H2,1-2H3/t8?,11-,12+/m0/s1. The normalized spacial score (nSPS) is 17.1. The number of rotatable bonds is 4. The number of hydrogen-bond acceptors (Lipinski definition) is 2. The first-order valence-electron chi connectivity index (χ1n) is 5.25. The van der Waals surface area contributed by atoms with Crippen molar-refractivity contribution in [3.05, 3.63) is 33.4 Å². The zero-order valence-electron chi connectivity index (χ0n) is 9.15. The molecule has 1 aromatic carbocycles. The van der Waals surface area contributed by atoms with Gasteiger partial charge in [-0.25, -0.2) is 0 Å². The lowest BCUT2D eigenvalue weighted by Gasteiger charge is -2.24. The lowest BCUT2D eigenvalue weighted by molar-refractivity contribution is 0.0880. The molecule has 3 heteroatoms. The van der Waals surface area contributed by atoms with E-state index in [0.29, 0.717) is 0 Å². The van der Waals surface area contributed by atoms with E-state index in [4.69, 9.17) is 5.73 Å². The number of aliphatic hydroxyl groups is 1. The predicted octanol–water partition coefficient (Wildman–Crippen LogP) is 2.70. The molecule has 0 aromatic heterocycles. The average molecular weight is 319 g/mol. The molecular formula is C12H18INO. The fourth-order valence-corrected chi connectivity index (χ4v) is 2.07. The summed E-state index contributed by atoms with van der Waals surface area (Å²) in [5.74, 6) is 0.234. The zero-order valence-corrected chi connectivity index (χ0v) is 11.3. The summed E-state index contributed by atoms with van der Waals surface area (Å²) < 4.78 is 1.15. The summed E-state index contributed by atoms with van der Waals surface area (Å²) in [6.07, 6.45) is 0.479. The van der Waals surface area contributed by atoms with E-state index >= 15 is 0 Å². The third-order valence-electron chi connectivity index (χ3n) is 2.83. The summed E-state index contributed by atoms with van der Waals surface area (Å²) in [6.45, 7) is 4.09. The highest BCUT2D eigenvalue weighted by atomic mass is 127. The second-order valence-electron chi connectivity index (χ2n) is 3.96. The highest BCUT2D eigenvalue weighted by molar-refractivity contribution is 14.1. The SMILES string of the molecule is CCC(C)[C@@H](O)[C@@H](N)c1cccc(I)c1. The fraction of sp³-hybridized carbons (Fsp3) is 0.500. The predicted molar refractivity (Wildman–Crippen MR) is 71.5 cm³/mol. The van der Waals surface area contributed by atoms with Crippen molar-refractivity contribution in [2.24, 2.45) is 11.7 Å². The second kappa shape index (κ2) is 5.82. The Bertz CT molecular complexity index is 316. The Balaban J connectivity index is 2.80. The van der Waals surface area contributed by atoms with Crippen LogP contribution >= 0.6 is 22.6 Å². The molecule has 0 heterocycles. The van der Waals surface area contributed by atoms with Crippen molar-refractivity contribution < 1.29 is 5.11 Å². The van der Waals surface area contributed by atoms with Gasteiger partial charge < -0.3 is 10.8 Å². The minimum atomic E-state index is -0.465. The molecule has 3 atom stereocenters. The summed E-state index contributed by atoms with van der Waals surface area (Å²) in [5, 5.41) is 10.0. The molecule has 0 saturated heterocycles. The van der Waals surface area contributed by atoms with Crippen molar-refractivity contribution >= 4 is 22.6 Å². The third kappa shape index (κ3) is 3.43. The molecular weight excluding hydrogens is 301 g/mol. The van der Waals surface area contributed by atoms with Crippen LogP contribution in [0, 0.1) is 9.49 Å². The van der Waals surface area contributed by atoms with Gasteiger partial charge in [0.05, 0.1) is 12.1 Å². The fourth-order valence-electron chi connectivity index (χ4n) is 1.51. The Morgan fingerprint density at radius 1 is 1.47 bits per heavy atom.